The number of benzene rings is 2. The summed E-state index contributed by atoms with van der Waals surface area (Å²) in [5, 5.41) is 3.28. The van der Waals surface area contributed by atoms with Crippen LogP contribution in [-0.2, 0) is 19.3 Å². The molecular weight excluding hydrogens is 326 g/mol. The van der Waals surface area contributed by atoms with Crippen molar-refractivity contribution in [2.24, 2.45) is 10.7 Å². The zero-order chi connectivity index (χ0) is 18.4. The first kappa shape index (κ1) is 18.1. The molecule has 2 aromatic rings. The minimum Gasteiger partial charge on any atom is -0.493 e. The molecule has 5 heteroatoms. The number of nitrogens with two attached hydrogens (primary N) is 1. The molecule has 0 saturated carbocycles. The predicted octanol–water partition coefficient (Wildman–Crippen LogP) is 3.55. The van der Waals surface area contributed by atoms with Gasteiger partial charge in [0.1, 0.15) is 0 Å². The maximum atomic E-state index is 6.10. The molecule has 0 aromatic heterocycles. The lowest BCUT2D eigenvalue weighted by Gasteiger charge is -2.19. The van der Waals surface area contributed by atoms with E-state index in [1.807, 2.05) is 18.2 Å². The lowest BCUT2D eigenvalue weighted by Crippen LogP contribution is -2.24. The van der Waals surface area contributed by atoms with Gasteiger partial charge in [0.15, 0.2) is 17.5 Å². The van der Waals surface area contributed by atoms with Gasteiger partial charge in [-0.15, -0.1) is 0 Å². The SMILES string of the molecule is COc1ccc(CCN=C(N)Nc2cccc3c2CCCC3)cc1OC. The zero-order valence-corrected chi connectivity index (χ0v) is 15.5. The first-order valence-electron chi connectivity index (χ1n) is 9.10. The molecule has 0 bridgehead atoms. The Labute approximate surface area is 155 Å². The summed E-state index contributed by atoms with van der Waals surface area (Å²) in [6.07, 6.45) is 5.56. The van der Waals surface area contributed by atoms with Gasteiger partial charge in [-0.2, -0.15) is 0 Å². The highest BCUT2D eigenvalue weighted by Gasteiger charge is 2.13. The number of ether oxygens (including phenoxy) is 2. The Hall–Kier alpha value is -2.69. The van der Waals surface area contributed by atoms with Crippen molar-refractivity contribution in [1.82, 2.24) is 0 Å². The number of rotatable bonds is 6. The molecule has 0 atom stereocenters. The molecule has 138 valence electrons. The maximum Gasteiger partial charge on any atom is 0.193 e. The van der Waals surface area contributed by atoms with Gasteiger partial charge in [0.05, 0.1) is 14.2 Å². The summed E-state index contributed by atoms with van der Waals surface area (Å²) in [4.78, 5) is 4.47. The van der Waals surface area contributed by atoms with E-state index in [0.717, 1.165) is 42.0 Å². The molecule has 2 aromatic carbocycles. The van der Waals surface area contributed by atoms with Crippen molar-refractivity contribution in [2.45, 2.75) is 32.1 Å². The Morgan fingerprint density at radius 1 is 1.08 bits per heavy atom. The molecule has 1 aliphatic rings. The number of guanidine groups is 1. The van der Waals surface area contributed by atoms with Gasteiger partial charge in [-0.1, -0.05) is 18.2 Å². The van der Waals surface area contributed by atoms with E-state index in [1.165, 1.54) is 24.0 Å². The first-order valence-corrected chi connectivity index (χ1v) is 9.10. The molecule has 26 heavy (non-hydrogen) atoms. The van der Waals surface area contributed by atoms with Crippen LogP contribution in [0.5, 0.6) is 11.5 Å². The molecule has 0 aliphatic heterocycles. The molecule has 0 radical (unpaired) electrons. The second-order valence-corrected chi connectivity index (χ2v) is 6.48. The van der Waals surface area contributed by atoms with Crippen LogP contribution in [0.4, 0.5) is 5.69 Å². The number of fused-ring (bicyclic) bond motifs is 1. The van der Waals surface area contributed by atoms with Crippen molar-refractivity contribution in [2.75, 3.05) is 26.1 Å². The summed E-state index contributed by atoms with van der Waals surface area (Å²) in [6.45, 7) is 0.614. The van der Waals surface area contributed by atoms with Crippen LogP contribution in [0.15, 0.2) is 41.4 Å². The Kier molecular flexibility index (Phi) is 6.00. The predicted molar refractivity (Wildman–Crippen MR) is 106 cm³/mol. The summed E-state index contributed by atoms with van der Waals surface area (Å²) < 4.78 is 10.6. The van der Waals surface area contributed by atoms with Crippen molar-refractivity contribution < 1.29 is 9.47 Å². The molecular formula is C21H27N3O2. The normalized spacial score (nSPS) is 13.8. The summed E-state index contributed by atoms with van der Waals surface area (Å²) in [6, 6.07) is 12.3. The highest BCUT2D eigenvalue weighted by atomic mass is 16.5. The van der Waals surface area contributed by atoms with Crippen molar-refractivity contribution in [3.05, 3.63) is 53.1 Å². The third-order valence-electron chi connectivity index (χ3n) is 4.79. The number of nitrogens with one attached hydrogen (secondary N) is 1. The molecule has 0 amide bonds. The van der Waals surface area contributed by atoms with Crippen molar-refractivity contribution >= 4 is 11.6 Å². The van der Waals surface area contributed by atoms with E-state index < -0.39 is 0 Å². The Balaban J connectivity index is 1.61. The number of aryl methyl sites for hydroxylation is 1. The highest BCUT2D eigenvalue weighted by molar-refractivity contribution is 5.93. The van der Waals surface area contributed by atoms with Gasteiger partial charge in [0.2, 0.25) is 0 Å². The fraction of sp³-hybridized carbons (Fsp3) is 0.381. The van der Waals surface area contributed by atoms with Gasteiger partial charge in [-0.3, -0.25) is 4.99 Å². The van der Waals surface area contributed by atoms with Crippen LogP contribution in [0.25, 0.3) is 0 Å². The van der Waals surface area contributed by atoms with E-state index in [4.69, 9.17) is 15.2 Å². The molecule has 1 aliphatic carbocycles. The molecule has 0 heterocycles. The minimum absolute atomic E-state index is 0.462. The van der Waals surface area contributed by atoms with Gasteiger partial charge in [-0.05, 0) is 67.0 Å². The lowest BCUT2D eigenvalue weighted by molar-refractivity contribution is 0.354. The molecule has 3 rings (SSSR count). The Bertz CT molecular complexity index is 787. The summed E-state index contributed by atoms with van der Waals surface area (Å²) in [7, 11) is 3.28. The van der Waals surface area contributed by atoms with Crippen LogP contribution in [0.3, 0.4) is 0 Å². The van der Waals surface area contributed by atoms with Crippen LogP contribution >= 0.6 is 0 Å². The fourth-order valence-corrected chi connectivity index (χ4v) is 3.42. The number of aliphatic imine (C=N–C) groups is 1. The number of hydrogen-bond donors (Lipinski definition) is 2. The summed E-state index contributed by atoms with van der Waals surface area (Å²) in [5.74, 6) is 1.93. The summed E-state index contributed by atoms with van der Waals surface area (Å²) in [5.41, 5.74) is 11.1. The molecule has 0 fully saturated rings. The lowest BCUT2D eigenvalue weighted by atomic mass is 9.90. The second-order valence-electron chi connectivity index (χ2n) is 6.48. The quantitative estimate of drug-likeness (QED) is 0.615. The number of methoxy groups -OCH3 is 2. The number of nitrogens with zero attached hydrogens (tertiary/aromatic N) is 1. The van der Waals surface area contributed by atoms with Gasteiger partial charge >= 0.3 is 0 Å². The van der Waals surface area contributed by atoms with E-state index in [0.29, 0.717) is 12.5 Å². The molecule has 0 saturated heterocycles. The standard InChI is InChI=1S/C21H27N3O2/c1-25-19-11-10-15(14-20(19)26-2)12-13-23-21(22)24-18-9-5-7-16-6-3-4-8-17(16)18/h5,7,9-11,14H,3-4,6,8,12-13H2,1-2H3,(H3,22,23,24). The van der Waals surface area contributed by atoms with E-state index in [1.54, 1.807) is 14.2 Å². The maximum absolute atomic E-state index is 6.10. The monoisotopic (exact) mass is 353 g/mol. The van der Waals surface area contributed by atoms with E-state index in [2.05, 4.69) is 28.5 Å². The van der Waals surface area contributed by atoms with Crippen LogP contribution in [0, 0.1) is 0 Å². The van der Waals surface area contributed by atoms with Crippen molar-refractivity contribution in [3.8, 4) is 11.5 Å². The topological polar surface area (TPSA) is 68.9 Å². The molecule has 3 N–H and O–H groups in total. The van der Waals surface area contributed by atoms with E-state index in [-0.39, 0.29) is 0 Å². The van der Waals surface area contributed by atoms with Crippen molar-refractivity contribution in [1.29, 1.82) is 0 Å². The third-order valence-corrected chi connectivity index (χ3v) is 4.79. The minimum atomic E-state index is 0.462. The van der Waals surface area contributed by atoms with Gasteiger partial charge < -0.3 is 20.5 Å². The Morgan fingerprint density at radius 3 is 2.69 bits per heavy atom. The molecule has 0 spiro atoms. The van der Waals surface area contributed by atoms with Gasteiger partial charge in [0, 0.05) is 12.2 Å². The van der Waals surface area contributed by atoms with Crippen LogP contribution in [0.1, 0.15) is 29.5 Å². The van der Waals surface area contributed by atoms with Crippen LogP contribution in [0.2, 0.25) is 0 Å². The molecule has 0 unspecified atom stereocenters. The average Bonchev–Trinajstić information content (AvgIpc) is 2.68. The van der Waals surface area contributed by atoms with Crippen molar-refractivity contribution in [3.63, 3.8) is 0 Å². The Morgan fingerprint density at radius 2 is 1.88 bits per heavy atom. The number of hydrogen-bond acceptors (Lipinski definition) is 3. The van der Waals surface area contributed by atoms with E-state index in [9.17, 15) is 0 Å². The summed E-state index contributed by atoms with van der Waals surface area (Å²) >= 11 is 0. The smallest absolute Gasteiger partial charge is 0.193 e. The van der Waals surface area contributed by atoms with Gasteiger partial charge in [0.25, 0.3) is 0 Å². The van der Waals surface area contributed by atoms with Crippen LogP contribution < -0.4 is 20.5 Å². The second kappa shape index (κ2) is 8.61. The third kappa shape index (κ3) is 4.28. The fourth-order valence-electron chi connectivity index (χ4n) is 3.42. The van der Waals surface area contributed by atoms with Crippen LogP contribution in [-0.4, -0.2) is 26.7 Å². The first-order chi connectivity index (χ1) is 12.7. The highest BCUT2D eigenvalue weighted by Crippen LogP contribution is 2.28. The molecule has 5 nitrogen and oxygen atoms in total. The zero-order valence-electron chi connectivity index (χ0n) is 15.5. The largest absolute Gasteiger partial charge is 0.493 e. The van der Waals surface area contributed by atoms with E-state index >= 15 is 0 Å². The van der Waals surface area contributed by atoms with Gasteiger partial charge in [-0.25, -0.2) is 0 Å². The number of anilines is 1. The average molecular weight is 353 g/mol.